The van der Waals surface area contributed by atoms with Gasteiger partial charge in [0.15, 0.2) is 0 Å². The van der Waals surface area contributed by atoms with Crippen molar-refractivity contribution in [2.75, 3.05) is 0 Å². The van der Waals surface area contributed by atoms with E-state index in [-0.39, 0.29) is 19.3 Å². The Bertz CT molecular complexity index is 626. The van der Waals surface area contributed by atoms with Crippen LogP contribution < -0.4 is 0 Å². The predicted molar refractivity (Wildman–Crippen MR) is 86.3 cm³/mol. The summed E-state index contributed by atoms with van der Waals surface area (Å²) in [4.78, 5) is 0. The van der Waals surface area contributed by atoms with Gasteiger partial charge >= 0.3 is 12.4 Å². The number of hydrogen-bond donors (Lipinski definition) is 1. The molecule has 3 unspecified atom stereocenters. The van der Waals surface area contributed by atoms with Gasteiger partial charge in [-0.15, -0.1) is 0 Å². The summed E-state index contributed by atoms with van der Waals surface area (Å²) in [5.41, 5.74) is -5.87. The summed E-state index contributed by atoms with van der Waals surface area (Å²) in [7, 11) is -4.03. The summed E-state index contributed by atoms with van der Waals surface area (Å²) in [6.45, 7) is 6.70. The Morgan fingerprint density at radius 3 is 1.81 bits per heavy atom. The molecule has 162 valence electrons. The van der Waals surface area contributed by atoms with Crippen LogP contribution in [0.15, 0.2) is 0 Å². The monoisotopic (exact) mass is 428 g/mol. The van der Waals surface area contributed by atoms with E-state index in [0.29, 0.717) is 6.92 Å². The average Bonchev–Trinajstić information content (AvgIpc) is 2.57. The lowest BCUT2D eigenvalue weighted by molar-refractivity contribution is -0.384. The second-order valence-corrected chi connectivity index (χ2v) is 10.4. The summed E-state index contributed by atoms with van der Waals surface area (Å²) in [5, 5.41) is 9.52. The molecule has 0 bridgehead atoms. The van der Waals surface area contributed by atoms with E-state index in [9.17, 15) is 39.9 Å². The molecule has 1 aliphatic heterocycles. The molecule has 0 radical (unpaired) electrons. The molecule has 0 aromatic carbocycles. The zero-order valence-electron chi connectivity index (χ0n) is 15.8. The van der Waals surface area contributed by atoms with Crippen LogP contribution in [0.5, 0.6) is 0 Å². The van der Waals surface area contributed by atoms with Crippen LogP contribution in [0.3, 0.4) is 0 Å². The lowest BCUT2D eigenvalue weighted by Gasteiger charge is -2.39. The molecule has 0 aliphatic carbocycles. The highest BCUT2D eigenvalue weighted by atomic mass is 32.2. The van der Waals surface area contributed by atoms with E-state index in [1.807, 2.05) is 0 Å². The van der Waals surface area contributed by atoms with Crippen molar-refractivity contribution in [3.05, 3.63) is 0 Å². The van der Waals surface area contributed by atoms with Gasteiger partial charge in [-0.25, -0.2) is 0 Å². The zero-order valence-corrected chi connectivity index (χ0v) is 16.6. The molecular weight excluding hydrogens is 402 g/mol. The minimum Gasteiger partial charge on any atom is -0.373 e. The van der Waals surface area contributed by atoms with Crippen LogP contribution in [0.25, 0.3) is 0 Å². The van der Waals surface area contributed by atoms with Gasteiger partial charge in [-0.2, -0.15) is 34.8 Å². The third-order valence-corrected chi connectivity index (χ3v) is 7.49. The molecule has 0 spiro atoms. The fraction of sp³-hybridized carbons (Fsp3) is 1.00. The minimum atomic E-state index is -5.91. The minimum absolute atomic E-state index is 0.0655. The Kier molecular flexibility index (Phi) is 6.40. The maximum atomic E-state index is 13.0. The molecule has 27 heavy (non-hydrogen) atoms. The van der Waals surface area contributed by atoms with Gasteiger partial charge < -0.3 is 5.11 Å². The van der Waals surface area contributed by atoms with Crippen molar-refractivity contribution in [1.29, 1.82) is 0 Å². The normalized spacial score (nSPS) is 28.1. The van der Waals surface area contributed by atoms with E-state index in [1.165, 1.54) is 6.92 Å². The zero-order chi connectivity index (χ0) is 21.7. The van der Waals surface area contributed by atoms with E-state index >= 15 is 0 Å². The summed E-state index contributed by atoms with van der Waals surface area (Å²) in [6, 6.07) is 0. The van der Waals surface area contributed by atoms with Crippen LogP contribution in [0.1, 0.15) is 60.3 Å². The topological polar surface area (TPSA) is 63.6 Å². The van der Waals surface area contributed by atoms with Crippen LogP contribution in [0.2, 0.25) is 0 Å². The molecule has 4 nitrogen and oxygen atoms in total. The molecule has 0 aromatic rings. The summed E-state index contributed by atoms with van der Waals surface area (Å²) >= 11 is 0. The molecule has 0 amide bonds. The fourth-order valence-electron chi connectivity index (χ4n) is 3.99. The van der Waals surface area contributed by atoms with Crippen LogP contribution in [-0.4, -0.2) is 41.8 Å². The quantitative estimate of drug-likeness (QED) is 0.497. The van der Waals surface area contributed by atoms with Crippen LogP contribution in [-0.2, 0) is 14.3 Å². The standard InChI is InChI=1S/C16H26F6O4S/c1-6-11(8-13(5)9-12(3,4)26-27(13,24)25)7-10(2)14(23,15(17,18)19)16(20,21)22/h10-11,23H,6-9H2,1-5H3. The SMILES string of the molecule is CCC(CC(C)C(O)(C(F)(F)F)C(F)(F)F)CC1(C)CC(C)(C)OS1(=O)=O. The molecule has 1 N–H and O–H groups in total. The first-order valence-electron chi connectivity index (χ1n) is 8.53. The molecular formula is C16H26F6O4S. The van der Waals surface area contributed by atoms with Gasteiger partial charge in [-0.1, -0.05) is 20.3 Å². The second kappa shape index (κ2) is 7.05. The summed E-state index contributed by atoms with van der Waals surface area (Å²) < 4.78 is 106. The first-order chi connectivity index (χ1) is 11.7. The van der Waals surface area contributed by atoms with Gasteiger partial charge in [0.1, 0.15) is 0 Å². The molecule has 0 aromatic heterocycles. The van der Waals surface area contributed by atoms with E-state index in [0.717, 1.165) is 0 Å². The van der Waals surface area contributed by atoms with Gasteiger partial charge in [0.25, 0.3) is 15.7 Å². The van der Waals surface area contributed by atoms with Crippen LogP contribution >= 0.6 is 0 Å². The first kappa shape index (κ1) is 24.5. The number of hydrogen-bond acceptors (Lipinski definition) is 4. The third kappa shape index (κ3) is 4.55. The highest BCUT2D eigenvalue weighted by molar-refractivity contribution is 7.88. The van der Waals surface area contributed by atoms with Crippen molar-refractivity contribution < 1.29 is 44.0 Å². The van der Waals surface area contributed by atoms with Gasteiger partial charge in [-0.05, 0) is 46.0 Å². The highest BCUT2D eigenvalue weighted by Gasteiger charge is 2.72. The molecule has 1 fully saturated rings. The highest BCUT2D eigenvalue weighted by Crippen LogP contribution is 2.51. The van der Waals surface area contributed by atoms with Gasteiger partial charge in [0.05, 0.1) is 10.3 Å². The largest absolute Gasteiger partial charge is 0.426 e. The molecule has 0 saturated carbocycles. The summed E-state index contributed by atoms with van der Waals surface area (Å²) in [6.07, 6.45) is -12.4. The van der Waals surface area contributed by atoms with Crippen LogP contribution in [0.4, 0.5) is 26.3 Å². The molecule has 1 heterocycles. The molecule has 1 saturated heterocycles. The Morgan fingerprint density at radius 1 is 1.07 bits per heavy atom. The molecule has 1 aliphatic rings. The Labute approximate surface area is 155 Å². The predicted octanol–water partition coefficient (Wildman–Crippen LogP) is 4.57. The van der Waals surface area contributed by atoms with E-state index in [2.05, 4.69) is 0 Å². The van der Waals surface area contributed by atoms with Crippen LogP contribution in [0, 0.1) is 11.8 Å². The smallest absolute Gasteiger partial charge is 0.373 e. The van der Waals surface area contributed by atoms with Crippen molar-refractivity contribution in [3.63, 3.8) is 0 Å². The van der Waals surface area contributed by atoms with Gasteiger partial charge in [-0.3, -0.25) is 4.18 Å². The Balaban J connectivity index is 3.11. The van der Waals surface area contributed by atoms with Crippen molar-refractivity contribution in [3.8, 4) is 0 Å². The Morgan fingerprint density at radius 2 is 1.52 bits per heavy atom. The maximum Gasteiger partial charge on any atom is 0.426 e. The van der Waals surface area contributed by atoms with Crippen molar-refractivity contribution in [2.24, 2.45) is 11.8 Å². The number of aliphatic hydroxyl groups is 1. The van der Waals surface area contributed by atoms with Gasteiger partial charge in [0, 0.05) is 5.92 Å². The molecule has 1 rings (SSSR count). The van der Waals surface area contributed by atoms with Crippen molar-refractivity contribution in [1.82, 2.24) is 0 Å². The Hall–Kier alpha value is -0.550. The maximum absolute atomic E-state index is 13.0. The second-order valence-electron chi connectivity index (χ2n) is 8.30. The molecule has 3 atom stereocenters. The number of halogens is 6. The fourth-order valence-corrected chi connectivity index (χ4v) is 5.80. The van der Waals surface area contributed by atoms with E-state index < -0.39 is 56.7 Å². The third-order valence-electron chi connectivity index (χ3n) is 5.30. The van der Waals surface area contributed by atoms with Crippen molar-refractivity contribution in [2.45, 2.75) is 88.6 Å². The van der Waals surface area contributed by atoms with E-state index in [1.54, 1.807) is 20.8 Å². The average molecular weight is 428 g/mol. The lowest BCUT2D eigenvalue weighted by Crippen LogP contribution is -2.61. The van der Waals surface area contributed by atoms with Crippen molar-refractivity contribution >= 4 is 10.1 Å². The first-order valence-corrected chi connectivity index (χ1v) is 9.94. The lowest BCUT2D eigenvalue weighted by atomic mass is 9.76. The van der Waals surface area contributed by atoms with E-state index in [4.69, 9.17) is 4.18 Å². The number of alkyl halides is 6. The summed E-state index contributed by atoms with van der Waals surface area (Å²) in [5.74, 6) is -2.99. The van der Waals surface area contributed by atoms with Gasteiger partial charge in [0.2, 0.25) is 0 Å². The number of rotatable bonds is 6. The molecule has 11 heteroatoms.